The Bertz CT molecular complexity index is 543. The van der Waals surface area contributed by atoms with Crippen LogP contribution in [0.25, 0.3) is 0 Å². The van der Waals surface area contributed by atoms with Crippen LogP contribution in [0, 0.1) is 0 Å². The molecular weight excluding hydrogens is 244 g/mol. The maximum absolute atomic E-state index is 11.8. The second-order valence-corrected chi connectivity index (χ2v) is 4.09. The third-order valence-corrected chi connectivity index (χ3v) is 2.88. The van der Waals surface area contributed by atoms with Crippen molar-refractivity contribution in [2.24, 2.45) is 0 Å². The molecule has 0 amide bonds. The molecule has 0 saturated carbocycles. The van der Waals surface area contributed by atoms with Crippen molar-refractivity contribution in [3.05, 3.63) is 47.9 Å². The fraction of sp³-hybridized carbons (Fsp3) is 0.267. The molecular formula is C15H16O4. The lowest BCUT2D eigenvalue weighted by Crippen LogP contribution is -2.00. The van der Waals surface area contributed by atoms with Gasteiger partial charge in [-0.2, -0.15) is 0 Å². The maximum atomic E-state index is 11.8. The average molecular weight is 260 g/mol. The van der Waals surface area contributed by atoms with Crippen LogP contribution in [0.5, 0.6) is 11.5 Å². The van der Waals surface area contributed by atoms with Crippen LogP contribution in [-0.4, -0.2) is 20.0 Å². The van der Waals surface area contributed by atoms with E-state index < -0.39 is 0 Å². The molecule has 4 heteroatoms. The zero-order valence-corrected chi connectivity index (χ0v) is 11.0. The van der Waals surface area contributed by atoms with Crippen LogP contribution in [0.2, 0.25) is 0 Å². The molecule has 0 saturated heterocycles. The molecule has 4 nitrogen and oxygen atoms in total. The van der Waals surface area contributed by atoms with Crippen LogP contribution in [0.3, 0.4) is 0 Å². The van der Waals surface area contributed by atoms with Crippen molar-refractivity contribution in [3.8, 4) is 11.5 Å². The van der Waals surface area contributed by atoms with Gasteiger partial charge in [0.25, 0.3) is 0 Å². The van der Waals surface area contributed by atoms with Gasteiger partial charge < -0.3 is 13.9 Å². The fourth-order valence-corrected chi connectivity index (χ4v) is 1.85. The van der Waals surface area contributed by atoms with E-state index in [0.717, 1.165) is 5.56 Å². The molecule has 0 aliphatic rings. The summed E-state index contributed by atoms with van der Waals surface area (Å²) in [7, 11) is 3.19. The van der Waals surface area contributed by atoms with Gasteiger partial charge in [0.1, 0.15) is 0 Å². The molecule has 0 N–H and O–H groups in total. The molecule has 0 spiro atoms. The number of aryl methyl sites for hydroxylation is 1. The van der Waals surface area contributed by atoms with Gasteiger partial charge in [-0.25, -0.2) is 0 Å². The average Bonchev–Trinajstić information content (AvgIpc) is 2.98. The summed E-state index contributed by atoms with van der Waals surface area (Å²) in [4.78, 5) is 11.8. The van der Waals surface area contributed by atoms with Crippen LogP contribution < -0.4 is 9.47 Å². The zero-order chi connectivity index (χ0) is 13.7. The highest BCUT2D eigenvalue weighted by atomic mass is 16.5. The van der Waals surface area contributed by atoms with E-state index in [-0.39, 0.29) is 5.78 Å². The van der Waals surface area contributed by atoms with Crippen molar-refractivity contribution >= 4 is 5.78 Å². The molecule has 0 atom stereocenters. The van der Waals surface area contributed by atoms with Crippen molar-refractivity contribution in [3.63, 3.8) is 0 Å². The smallest absolute Gasteiger partial charge is 0.198 e. The number of hydrogen-bond donors (Lipinski definition) is 0. The topological polar surface area (TPSA) is 48.7 Å². The first-order chi connectivity index (χ1) is 9.24. The molecule has 2 aromatic rings. The molecule has 0 aliphatic carbocycles. The van der Waals surface area contributed by atoms with Gasteiger partial charge in [0, 0.05) is 6.42 Å². The maximum Gasteiger partial charge on any atom is 0.198 e. The number of furan rings is 1. The number of methoxy groups -OCH3 is 2. The monoisotopic (exact) mass is 260 g/mol. The number of rotatable bonds is 6. The van der Waals surface area contributed by atoms with Crippen LogP contribution in [0.15, 0.2) is 41.0 Å². The van der Waals surface area contributed by atoms with Crippen LogP contribution >= 0.6 is 0 Å². The molecule has 0 radical (unpaired) electrons. The number of hydrogen-bond acceptors (Lipinski definition) is 4. The Morgan fingerprint density at radius 1 is 1.16 bits per heavy atom. The van der Waals surface area contributed by atoms with E-state index in [4.69, 9.17) is 13.9 Å². The molecule has 0 unspecified atom stereocenters. The zero-order valence-electron chi connectivity index (χ0n) is 11.0. The highest BCUT2D eigenvalue weighted by Gasteiger charge is 2.10. The number of ether oxygens (including phenoxy) is 2. The lowest BCUT2D eigenvalue weighted by molar-refractivity contribution is 0.0956. The number of Topliss-reactive ketones (excluding diaryl/α,β-unsaturated/α-hetero) is 1. The summed E-state index contributed by atoms with van der Waals surface area (Å²) in [6.45, 7) is 0. The first-order valence-electron chi connectivity index (χ1n) is 6.02. The largest absolute Gasteiger partial charge is 0.493 e. The van der Waals surface area contributed by atoms with Crippen molar-refractivity contribution in [2.75, 3.05) is 14.2 Å². The number of carbonyl (C=O) groups excluding carboxylic acids is 1. The summed E-state index contributed by atoms with van der Waals surface area (Å²) in [5.41, 5.74) is 1.03. The number of carbonyl (C=O) groups is 1. The molecule has 1 aromatic carbocycles. The second-order valence-electron chi connectivity index (χ2n) is 4.09. The number of benzene rings is 1. The molecule has 2 rings (SSSR count). The highest BCUT2D eigenvalue weighted by molar-refractivity contribution is 5.93. The molecule has 0 fully saturated rings. The Hall–Kier alpha value is -2.23. The summed E-state index contributed by atoms with van der Waals surface area (Å²) >= 11 is 0. The van der Waals surface area contributed by atoms with Gasteiger partial charge in [-0.3, -0.25) is 4.79 Å². The van der Waals surface area contributed by atoms with Crippen molar-refractivity contribution in [1.29, 1.82) is 0 Å². The van der Waals surface area contributed by atoms with Gasteiger partial charge in [-0.15, -0.1) is 0 Å². The third-order valence-electron chi connectivity index (χ3n) is 2.88. The first-order valence-corrected chi connectivity index (χ1v) is 6.02. The highest BCUT2D eigenvalue weighted by Crippen LogP contribution is 2.28. The SMILES string of the molecule is COc1ccc(CCC(=O)c2ccco2)cc1OC. The normalized spacial score (nSPS) is 10.2. The summed E-state index contributed by atoms with van der Waals surface area (Å²) in [6, 6.07) is 9.04. The number of ketones is 1. The fourth-order valence-electron chi connectivity index (χ4n) is 1.85. The van der Waals surface area contributed by atoms with Gasteiger partial charge in [0.15, 0.2) is 23.0 Å². The van der Waals surface area contributed by atoms with Crippen LogP contribution in [-0.2, 0) is 6.42 Å². The molecule has 0 bridgehead atoms. The lowest BCUT2D eigenvalue weighted by atomic mass is 10.1. The van der Waals surface area contributed by atoms with Crippen LogP contribution in [0.1, 0.15) is 22.5 Å². The predicted octanol–water partition coefficient (Wildman–Crippen LogP) is 3.11. The Labute approximate surface area is 111 Å². The van der Waals surface area contributed by atoms with Crippen molar-refractivity contribution < 1.29 is 18.7 Å². The summed E-state index contributed by atoms with van der Waals surface area (Å²) in [5, 5.41) is 0. The first kappa shape index (κ1) is 13.2. The Balaban J connectivity index is 2.02. The van der Waals surface area contributed by atoms with E-state index >= 15 is 0 Å². The van der Waals surface area contributed by atoms with E-state index in [1.165, 1.54) is 6.26 Å². The predicted molar refractivity (Wildman–Crippen MR) is 70.9 cm³/mol. The van der Waals surface area contributed by atoms with E-state index in [0.29, 0.717) is 30.1 Å². The third kappa shape index (κ3) is 3.16. The summed E-state index contributed by atoms with van der Waals surface area (Å²) < 4.78 is 15.5. The van der Waals surface area contributed by atoms with Gasteiger partial charge in [-0.05, 0) is 36.2 Å². The standard InChI is InChI=1S/C15H16O4/c1-17-14-8-6-11(10-15(14)18-2)5-7-12(16)13-4-3-9-19-13/h3-4,6,8-10H,5,7H2,1-2H3. The molecule has 100 valence electrons. The second kappa shape index (κ2) is 6.09. The Kier molecular flexibility index (Phi) is 4.23. The Morgan fingerprint density at radius 3 is 2.58 bits per heavy atom. The van der Waals surface area contributed by atoms with Crippen LogP contribution in [0.4, 0.5) is 0 Å². The van der Waals surface area contributed by atoms with E-state index in [2.05, 4.69) is 0 Å². The molecule has 19 heavy (non-hydrogen) atoms. The van der Waals surface area contributed by atoms with E-state index in [1.54, 1.807) is 26.4 Å². The van der Waals surface area contributed by atoms with Crippen molar-refractivity contribution in [1.82, 2.24) is 0 Å². The van der Waals surface area contributed by atoms with Gasteiger partial charge >= 0.3 is 0 Å². The quantitative estimate of drug-likeness (QED) is 0.749. The molecule has 0 aliphatic heterocycles. The van der Waals surface area contributed by atoms with Gasteiger partial charge in [0.2, 0.25) is 0 Å². The summed E-state index contributed by atoms with van der Waals surface area (Å²) in [5.74, 6) is 1.76. The summed E-state index contributed by atoms with van der Waals surface area (Å²) in [6.07, 6.45) is 2.55. The van der Waals surface area contributed by atoms with Crippen molar-refractivity contribution in [2.45, 2.75) is 12.8 Å². The van der Waals surface area contributed by atoms with E-state index in [1.807, 2.05) is 18.2 Å². The molecule has 1 heterocycles. The van der Waals surface area contributed by atoms with E-state index in [9.17, 15) is 4.79 Å². The van der Waals surface area contributed by atoms with Gasteiger partial charge in [0.05, 0.1) is 20.5 Å². The lowest BCUT2D eigenvalue weighted by Gasteiger charge is -2.09. The van der Waals surface area contributed by atoms with Gasteiger partial charge in [-0.1, -0.05) is 6.07 Å². The minimum absolute atomic E-state index is 0.000199. The minimum Gasteiger partial charge on any atom is -0.493 e. The Morgan fingerprint density at radius 2 is 1.95 bits per heavy atom. The molecule has 1 aromatic heterocycles. The minimum atomic E-state index is -0.000199.